The molecule has 0 atom stereocenters. The molecule has 5 nitrogen and oxygen atoms in total. The topological polar surface area (TPSA) is 51.4 Å². The molecule has 1 aromatic carbocycles. The summed E-state index contributed by atoms with van der Waals surface area (Å²) in [5.74, 6) is 1.19. The molecule has 0 bridgehead atoms. The number of fused-ring (bicyclic) bond motifs is 3. The highest BCUT2D eigenvalue weighted by atomic mass is 15.3. The summed E-state index contributed by atoms with van der Waals surface area (Å²) in [4.78, 5) is 7.57. The lowest BCUT2D eigenvalue weighted by Gasteiger charge is -2.29. The van der Waals surface area contributed by atoms with Crippen LogP contribution in [0.15, 0.2) is 30.3 Å². The van der Waals surface area contributed by atoms with Gasteiger partial charge in [-0.2, -0.15) is 9.66 Å². The smallest absolute Gasteiger partial charge is 0.250 e. The zero-order valence-electron chi connectivity index (χ0n) is 14.3. The number of para-hydroxylation sites is 2. The molecule has 1 fully saturated rings. The lowest BCUT2D eigenvalue weighted by Crippen LogP contribution is -3.14. The molecule has 2 aromatic heterocycles. The first kappa shape index (κ1) is 15.0. The van der Waals surface area contributed by atoms with E-state index in [1.54, 1.807) is 4.90 Å². The summed E-state index contributed by atoms with van der Waals surface area (Å²) in [6, 6.07) is 12.8. The number of hydrogen-bond acceptors (Lipinski definition) is 2. The Labute approximate surface area is 141 Å². The number of aryl methyl sites for hydroxylation is 1. The number of anilines is 1. The number of quaternary nitrogens is 1. The Balaban J connectivity index is 1.94. The van der Waals surface area contributed by atoms with E-state index in [0.29, 0.717) is 0 Å². The normalized spacial score (nSPS) is 16.0. The van der Waals surface area contributed by atoms with E-state index in [9.17, 15) is 5.26 Å². The van der Waals surface area contributed by atoms with Gasteiger partial charge in [0.2, 0.25) is 11.5 Å². The van der Waals surface area contributed by atoms with Crippen LogP contribution < -0.4 is 14.2 Å². The molecule has 1 aliphatic rings. The van der Waals surface area contributed by atoms with Crippen molar-refractivity contribution in [3.63, 3.8) is 0 Å². The maximum Gasteiger partial charge on any atom is 0.250 e. The van der Waals surface area contributed by atoms with Gasteiger partial charge in [-0.05, 0) is 31.5 Å². The summed E-state index contributed by atoms with van der Waals surface area (Å²) < 4.78 is 2.22. The first-order chi connectivity index (χ1) is 11.7. The van der Waals surface area contributed by atoms with E-state index < -0.39 is 0 Å². The number of piperazine rings is 1. The lowest BCUT2D eigenvalue weighted by atomic mass is 10.1. The minimum atomic E-state index is 0.729. The largest absolute Gasteiger partial charge is 0.330 e. The van der Waals surface area contributed by atoms with Crippen LogP contribution in [0.3, 0.4) is 0 Å². The molecule has 1 aliphatic heterocycles. The van der Waals surface area contributed by atoms with E-state index in [1.165, 1.54) is 25.5 Å². The molecular weight excluding hydrogens is 298 g/mol. The van der Waals surface area contributed by atoms with Gasteiger partial charge in [-0.15, -0.1) is 0 Å². The molecule has 0 unspecified atom stereocenters. The molecule has 4 rings (SSSR count). The fraction of sp³-hybridized carbons (Fsp3) is 0.368. The number of pyridine rings is 1. The third-order valence-corrected chi connectivity index (χ3v) is 5.23. The SMILES string of the molecule is CC[NH+]1CCN(c2cc(C)c(C#N)c3[nH]c4ccccc4[n+]23)CC1. The highest BCUT2D eigenvalue weighted by molar-refractivity contribution is 5.77. The predicted molar refractivity (Wildman–Crippen MR) is 94.4 cm³/mol. The van der Waals surface area contributed by atoms with Gasteiger partial charge in [0.25, 0.3) is 0 Å². The third kappa shape index (κ3) is 2.22. The van der Waals surface area contributed by atoms with Crippen LogP contribution in [0.4, 0.5) is 5.82 Å². The van der Waals surface area contributed by atoms with Crippen molar-refractivity contribution in [1.29, 1.82) is 5.26 Å². The van der Waals surface area contributed by atoms with Crippen LogP contribution in [0.1, 0.15) is 18.1 Å². The zero-order valence-corrected chi connectivity index (χ0v) is 14.3. The first-order valence-corrected chi connectivity index (χ1v) is 8.67. The van der Waals surface area contributed by atoms with Crippen molar-refractivity contribution in [2.24, 2.45) is 0 Å². The van der Waals surface area contributed by atoms with E-state index in [1.807, 2.05) is 13.0 Å². The molecule has 3 aromatic rings. The van der Waals surface area contributed by atoms with Gasteiger partial charge in [-0.25, -0.2) is 0 Å². The summed E-state index contributed by atoms with van der Waals surface area (Å²) in [5.41, 5.74) is 4.86. The van der Waals surface area contributed by atoms with E-state index in [4.69, 9.17) is 0 Å². The van der Waals surface area contributed by atoms with Crippen molar-refractivity contribution < 1.29 is 9.30 Å². The van der Waals surface area contributed by atoms with Gasteiger partial charge >= 0.3 is 0 Å². The number of aromatic nitrogens is 2. The Kier molecular flexibility index (Phi) is 3.62. The van der Waals surface area contributed by atoms with E-state index in [2.05, 4.69) is 51.5 Å². The van der Waals surface area contributed by atoms with E-state index in [0.717, 1.165) is 40.9 Å². The molecule has 0 saturated carbocycles. The number of nitriles is 1. The summed E-state index contributed by atoms with van der Waals surface area (Å²) in [7, 11) is 0. The van der Waals surface area contributed by atoms with Crippen molar-refractivity contribution in [1.82, 2.24) is 4.98 Å². The van der Waals surface area contributed by atoms with Crippen LogP contribution in [0.25, 0.3) is 16.7 Å². The van der Waals surface area contributed by atoms with Gasteiger partial charge < -0.3 is 4.90 Å². The van der Waals surface area contributed by atoms with Crippen LogP contribution in [-0.2, 0) is 0 Å². The Morgan fingerprint density at radius 3 is 2.75 bits per heavy atom. The highest BCUT2D eigenvalue weighted by Gasteiger charge is 2.28. The van der Waals surface area contributed by atoms with Gasteiger partial charge in [0.05, 0.1) is 6.54 Å². The van der Waals surface area contributed by atoms with E-state index in [-0.39, 0.29) is 0 Å². The Hall–Kier alpha value is -2.58. The maximum absolute atomic E-state index is 9.61. The third-order valence-electron chi connectivity index (χ3n) is 5.23. The Morgan fingerprint density at radius 2 is 2.04 bits per heavy atom. The fourth-order valence-corrected chi connectivity index (χ4v) is 3.79. The molecule has 1 saturated heterocycles. The van der Waals surface area contributed by atoms with Gasteiger partial charge in [0, 0.05) is 6.07 Å². The van der Waals surface area contributed by atoms with Crippen LogP contribution in [0.2, 0.25) is 0 Å². The summed E-state index contributed by atoms with van der Waals surface area (Å²) in [6.45, 7) is 9.91. The molecule has 0 spiro atoms. The minimum absolute atomic E-state index is 0.729. The predicted octanol–water partition coefficient (Wildman–Crippen LogP) is 0.812. The number of nitrogens with zero attached hydrogens (tertiary/aromatic N) is 3. The molecule has 0 amide bonds. The first-order valence-electron chi connectivity index (χ1n) is 8.67. The van der Waals surface area contributed by atoms with Crippen LogP contribution in [-0.4, -0.2) is 37.7 Å². The summed E-state index contributed by atoms with van der Waals surface area (Å²) in [5, 5.41) is 9.61. The summed E-state index contributed by atoms with van der Waals surface area (Å²) >= 11 is 0. The summed E-state index contributed by atoms with van der Waals surface area (Å²) in [6.07, 6.45) is 0. The van der Waals surface area contributed by atoms with Crippen LogP contribution in [0.5, 0.6) is 0 Å². The molecular formula is C19H23N5+2. The minimum Gasteiger partial charge on any atom is -0.330 e. The average molecular weight is 321 g/mol. The van der Waals surface area contributed by atoms with Crippen LogP contribution >= 0.6 is 0 Å². The fourth-order valence-electron chi connectivity index (χ4n) is 3.79. The van der Waals surface area contributed by atoms with Gasteiger partial charge in [-0.3, -0.25) is 9.88 Å². The van der Waals surface area contributed by atoms with E-state index >= 15 is 0 Å². The van der Waals surface area contributed by atoms with Crippen molar-refractivity contribution in [2.75, 3.05) is 37.6 Å². The number of rotatable bonds is 2. The zero-order chi connectivity index (χ0) is 16.7. The van der Waals surface area contributed by atoms with Crippen LogP contribution in [0, 0.1) is 18.3 Å². The average Bonchev–Trinajstić information content (AvgIpc) is 3.00. The second kappa shape index (κ2) is 5.81. The lowest BCUT2D eigenvalue weighted by molar-refractivity contribution is -0.898. The number of imidazole rings is 1. The second-order valence-electron chi connectivity index (χ2n) is 6.59. The number of nitrogens with one attached hydrogen (secondary N) is 2. The molecule has 2 N–H and O–H groups in total. The monoisotopic (exact) mass is 321 g/mol. The molecule has 24 heavy (non-hydrogen) atoms. The maximum atomic E-state index is 9.61. The number of hydrogen-bond donors (Lipinski definition) is 2. The molecule has 122 valence electrons. The molecule has 3 heterocycles. The Bertz CT molecular complexity index is 942. The molecule has 0 aliphatic carbocycles. The van der Waals surface area contributed by atoms with Crippen molar-refractivity contribution >= 4 is 22.5 Å². The number of benzene rings is 1. The van der Waals surface area contributed by atoms with Crippen molar-refractivity contribution in [2.45, 2.75) is 13.8 Å². The quantitative estimate of drug-likeness (QED) is 0.687. The second-order valence-corrected chi connectivity index (χ2v) is 6.59. The number of likely N-dealkylation sites (N-methyl/N-ethyl adjacent to an activating group) is 1. The Morgan fingerprint density at radius 1 is 1.29 bits per heavy atom. The molecule has 5 heteroatoms. The van der Waals surface area contributed by atoms with Crippen molar-refractivity contribution in [3.8, 4) is 6.07 Å². The van der Waals surface area contributed by atoms with Gasteiger partial charge in [0.15, 0.2) is 0 Å². The van der Waals surface area contributed by atoms with Gasteiger partial charge in [-0.1, -0.05) is 12.1 Å². The standard InChI is InChI=1S/C19H21N5/c1-3-22-8-10-23(11-9-22)18-12-14(2)15(13-20)19-21-16-6-4-5-7-17(16)24(18)19/h4-7,12H,3,8-11H2,1-2H3/p+2. The molecule has 0 radical (unpaired) electrons. The van der Waals surface area contributed by atoms with Gasteiger partial charge in [0.1, 0.15) is 48.8 Å². The number of H-pyrrole nitrogens is 1. The highest BCUT2D eigenvalue weighted by Crippen LogP contribution is 2.22. The number of aromatic amines is 1. The van der Waals surface area contributed by atoms with Crippen molar-refractivity contribution in [3.05, 3.63) is 41.5 Å².